The Kier molecular flexibility index (Phi) is 4.22. The van der Waals surface area contributed by atoms with Gasteiger partial charge in [-0.2, -0.15) is 0 Å². The van der Waals surface area contributed by atoms with Crippen molar-refractivity contribution in [2.45, 2.75) is 32.9 Å². The van der Waals surface area contributed by atoms with E-state index in [9.17, 15) is 0 Å². The molecule has 0 spiro atoms. The number of aryl methyl sites for hydroxylation is 1. The Balaban J connectivity index is 1.82. The number of hydrogen-bond acceptors (Lipinski definition) is 3. The fourth-order valence-electron chi connectivity index (χ4n) is 3.57. The third kappa shape index (κ3) is 3.09. The van der Waals surface area contributed by atoms with Crippen molar-refractivity contribution in [3.63, 3.8) is 0 Å². The summed E-state index contributed by atoms with van der Waals surface area (Å²) in [6.07, 6.45) is 1.24. The Bertz CT molecular complexity index is 623. The van der Waals surface area contributed by atoms with Crippen LogP contribution in [0, 0.1) is 12.8 Å². The third-order valence-corrected chi connectivity index (χ3v) is 4.68. The Morgan fingerprint density at radius 2 is 2.14 bits per heavy atom. The average Bonchev–Trinajstić information content (AvgIpc) is 2.47. The van der Waals surface area contributed by atoms with Crippen LogP contribution in [0.4, 0.5) is 0 Å². The molecule has 2 unspecified atom stereocenters. The van der Waals surface area contributed by atoms with Gasteiger partial charge in [0, 0.05) is 30.2 Å². The largest absolute Gasteiger partial charge is 0.317 e. The summed E-state index contributed by atoms with van der Waals surface area (Å²) in [5, 5.41) is 4.74. The van der Waals surface area contributed by atoms with E-state index >= 15 is 0 Å². The smallest absolute Gasteiger partial charge is 0.0708 e. The van der Waals surface area contributed by atoms with E-state index in [0.717, 1.165) is 17.8 Å². The van der Waals surface area contributed by atoms with E-state index in [1.54, 1.807) is 0 Å². The molecule has 2 atom stereocenters. The molecular weight excluding hydrogens is 258 g/mol. The molecule has 1 N–H and O–H groups in total. The lowest BCUT2D eigenvalue weighted by Gasteiger charge is -2.37. The molecular formula is C18H25N3. The number of fused-ring (bicyclic) bond motifs is 1. The van der Waals surface area contributed by atoms with E-state index in [1.807, 2.05) is 0 Å². The van der Waals surface area contributed by atoms with Crippen LogP contribution in [0.2, 0.25) is 0 Å². The van der Waals surface area contributed by atoms with E-state index in [4.69, 9.17) is 0 Å². The van der Waals surface area contributed by atoms with Crippen molar-refractivity contribution < 1.29 is 0 Å². The normalized spacial score (nSPS) is 23.6. The van der Waals surface area contributed by atoms with Gasteiger partial charge in [-0.15, -0.1) is 0 Å². The molecule has 3 heteroatoms. The molecule has 0 radical (unpaired) electrons. The first-order valence-electron chi connectivity index (χ1n) is 7.92. The number of piperidine rings is 1. The van der Waals surface area contributed by atoms with Gasteiger partial charge < -0.3 is 5.32 Å². The van der Waals surface area contributed by atoms with Gasteiger partial charge in [-0.05, 0) is 50.6 Å². The van der Waals surface area contributed by atoms with Crippen molar-refractivity contribution in [3.8, 4) is 0 Å². The molecule has 1 aromatic carbocycles. The Morgan fingerprint density at radius 3 is 2.90 bits per heavy atom. The van der Waals surface area contributed by atoms with E-state index < -0.39 is 0 Å². The van der Waals surface area contributed by atoms with Crippen LogP contribution in [0.5, 0.6) is 0 Å². The summed E-state index contributed by atoms with van der Waals surface area (Å²) in [6.45, 7) is 7.81. The van der Waals surface area contributed by atoms with Gasteiger partial charge in [0.1, 0.15) is 0 Å². The molecule has 1 fully saturated rings. The molecule has 1 saturated heterocycles. The lowest BCUT2D eigenvalue weighted by atomic mass is 9.93. The number of nitrogens with zero attached hydrogens (tertiary/aromatic N) is 2. The number of para-hydroxylation sites is 1. The summed E-state index contributed by atoms with van der Waals surface area (Å²) in [7, 11) is 2.08. The van der Waals surface area contributed by atoms with Crippen molar-refractivity contribution in [1.29, 1.82) is 0 Å². The summed E-state index contributed by atoms with van der Waals surface area (Å²) in [5.41, 5.74) is 3.64. The zero-order valence-corrected chi connectivity index (χ0v) is 13.3. The molecule has 0 saturated carbocycles. The minimum Gasteiger partial charge on any atom is -0.317 e. The van der Waals surface area contributed by atoms with Crippen LogP contribution in [-0.4, -0.2) is 36.1 Å². The second-order valence-electron chi connectivity index (χ2n) is 6.34. The first-order valence-corrected chi connectivity index (χ1v) is 7.92. The fourth-order valence-corrected chi connectivity index (χ4v) is 3.57. The molecule has 1 aromatic heterocycles. The molecule has 3 nitrogen and oxygen atoms in total. The van der Waals surface area contributed by atoms with Gasteiger partial charge in [0.05, 0.1) is 5.52 Å². The van der Waals surface area contributed by atoms with Gasteiger partial charge in [-0.25, -0.2) is 0 Å². The summed E-state index contributed by atoms with van der Waals surface area (Å²) in [6, 6.07) is 11.4. The molecule has 3 rings (SSSR count). The lowest BCUT2D eigenvalue weighted by molar-refractivity contribution is 0.145. The van der Waals surface area contributed by atoms with E-state index in [-0.39, 0.29) is 0 Å². The number of benzene rings is 1. The van der Waals surface area contributed by atoms with Gasteiger partial charge in [0.2, 0.25) is 0 Å². The predicted octanol–water partition coefficient (Wildman–Crippen LogP) is 2.97. The maximum atomic E-state index is 4.64. The first-order chi connectivity index (χ1) is 10.2. The molecule has 1 aliphatic heterocycles. The molecule has 0 amide bonds. The fraction of sp³-hybridized carbons (Fsp3) is 0.500. The maximum absolute atomic E-state index is 4.64. The lowest BCUT2D eigenvalue weighted by Crippen LogP contribution is -2.46. The van der Waals surface area contributed by atoms with Crippen LogP contribution in [0.1, 0.15) is 24.6 Å². The number of aromatic nitrogens is 1. The number of likely N-dealkylation sites (tertiary alicyclic amines) is 1. The van der Waals surface area contributed by atoms with E-state index in [2.05, 4.69) is 66.4 Å². The third-order valence-electron chi connectivity index (χ3n) is 4.68. The van der Waals surface area contributed by atoms with Crippen molar-refractivity contribution in [1.82, 2.24) is 15.2 Å². The quantitative estimate of drug-likeness (QED) is 0.938. The van der Waals surface area contributed by atoms with Crippen molar-refractivity contribution >= 4 is 10.9 Å². The van der Waals surface area contributed by atoms with Crippen molar-refractivity contribution in [3.05, 3.63) is 41.6 Å². The Hall–Kier alpha value is -1.45. The molecule has 1 aliphatic rings. The van der Waals surface area contributed by atoms with Crippen LogP contribution in [0.25, 0.3) is 10.9 Å². The highest BCUT2D eigenvalue weighted by atomic mass is 15.1. The second kappa shape index (κ2) is 6.12. The zero-order chi connectivity index (χ0) is 14.8. The SMILES string of the molecule is CNC1CCN(Cc2cc(C)nc3ccccc23)CC1C. The standard InChI is InChI=1S/C18H25N3/c1-13-11-21(9-8-17(13)19-3)12-15-10-14(2)20-18-7-5-4-6-16(15)18/h4-7,10,13,17,19H,8-9,11-12H2,1-3H3. The van der Waals surface area contributed by atoms with E-state index in [0.29, 0.717) is 12.0 Å². The molecule has 112 valence electrons. The van der Waals surface area contributed by atoms with Gasteiger partial charge in [0.25, 0.3) is 0 Å². The van der Waals surface area contributed by atoms with Gasteiger partial charge in [0.15, 0.2) is 0 Å². The summed E-state index contributed by atoms with van der Waals surface area (Å²) >= 11 is 0. The summed E-state index contributed by atoms with van der Waals surface area (Å²) in [4.78, 5) is 7.22. The minimum absolute atomic E-state index is 0.664. The van der Waals surface area contributed by atoms with Crippen LogP contribution in [0.15, 0.2) is 30.3 Å². The highest BCUT2D eigenvalue weighted by Crippen LogP contribution is 2.23. The second-order valence-corrected chi connectivity index (χ2v) is 6.34. The van der Waals surface area contributed by atoms with Gasteiger partial charge in [-0.3, -0.25) is 9.88 Å². The Morgan fingerprint density at radius 1 is 1.33 bits per heavy atom. The number of nitrogens with one attached hydrogen (secondary N) is 1. The summed E-state index contributed by atoms with van der Waals surface area (Å²) in [5.74, 6) is 0.706. The van der Waals surface area contributed by atoms with Crippen molar-refractivity contribution in [2.24, 2.45) is 5.92 Å². The Labute approximate surface area is 127 Å². The van der Waals surface area contributed by atoms with Gasteiger partial charge in [-0.1, -0.05) is 25.1 Å². The predicted molar refractivity (Wildman–Crippen MR) is 88.4 cm³/mol. The molecule has 0 aliphatic carbocycles. The number of pyridine rings is 1. The highest BCUT2D eigenvalue weighted by Gasteiger charge is 2.24. The zero-order valence-electron chi connectivity index (χ0n) is 13.3. The summed E-state index contributed by atoms with van der Waals surface area (Å²) < 4.78 is 0. The maximum Gasteiger partial charge on any atom is 0.0708 e. The first kappa shape index (κ1) is 14.5. The van der Waals surface area contributed by atoms with Crippen LogP contribution in [0.3, 0.4) is 0 Å². The van der Waals surface area contributed by atoms with Crippen LogP contribution in [-0.2, 0) is 6.54 Å². The molecule has 2 aromatic rings. The van der Waals surface area contributed by atoms with E-state index in [1.165, 1.54) is 30.5 Å². The van der Waals surface area contributed by atoms with Crippen LogP contribution < -0.4 is 5.32 Å². The average molecular weight is 283 g/mol. The monoisotopic (exact) mass is 283 g/mol. The minimum atomic E-state index is 0.664. The number of rotatable bonds is 3. The number of hydrogen-bond donors (Lipinski definition) is 1. The molecule has 0 bridgehead atoms. The van der Waals surface area contributed by atoms with Crippen LogP contribution >= 0.6 is 0 Å². The molecule has 21 heavy (non-hydrogen) atoms. The topological polar surface area (TPSA) is 28.2 Å². The van der Waals surface area contributed by atoms with Gasteiger partial charge >= 0.3 is 0 Å². The van der Waals surface area contributed by atoms with Crippen molar-refractivity contribution in [2.75, 3.05) is 20.1 Å². The highest BCUT2D eigenvalue weighted by molar-refractivity contribution is 5.82. The molecule has 2 heterocycles.